The summed E-state index contributed by atoms with van der Waals surface area (Å²) in [4.78, 5) is 38.6. The van der Waals surface area contributed by atoms with E-state index in [1.807, 2.05) is 12.1 Å². The van der Waals surface area contributed by atoms with Crippen molar-refractivity contribution < 1.29 is 19.8 Å². The predicted molar refractivity (Wildman–Crippen MR) is 94.8 cm³/mol. The number of carbonyl (C=O) groups excluding carboxylic acids is 1. The zero-order valence-electron chi connectivity index (χ0n) is 13.5. The van der Waals surface area contributed by atoms with E-state index in [9.17, 15) is 19.5 Å². The van der Waals surface area contributed by atoms with Gasteiger partial charge in [-0.05, 0) is 29.8 Å². The largest absolute Gasteiger partial charge is 0.507 e. The molecule has 0 saturated carbocycles. The van der Waals surface area contributed by atoms with Gasteiger partial charge in [-0.1, -0.05) is 12.1 Å². The maximum absolute atomic E-state index is 12.6. The highest BCUT2D eigenvalue weighted by molar-refractivity contribution is 6.38. The van der Waals surface area contributed by atoms with Gasteiger partial charge in [0.2, 0.25) is 0 Å². The van der Waals surface area contributed by atoms with Crippen LogP contribution >= 0.6 is 0 Å². The number of benzene rings is 1. The van der Waals surface area contributed by atoms with Gasteiger partial charge in [0.15, 0.2) is 5.43 Å². The smallest absolute Gasteiger partial charge is 0.376 e. The molecule has 1 aromatic carbocycles. The van der Waals surface area contributed by atoms with E-state index in [1.54, 1.807) is 41.2 Å². The first kappa shape index (κ1) is 17.1. The van der Waals surface area contributed by atoms with Gasteiger partial charge in [-0.25, -0.2) is 4.79 Å². The molecule has 130 valence electrons. The van der Waals surface area contributed by atoms with Crippen LogP contribution < -0.4 is 5.43 Å². The number of hydrogen-bond donors (Lipinski definition) is 2. The molecule has 0 atom stereocenters. The summed E-state index contributed by atoms with van der Waals surface area (Å²) < 4.78 is 1.75. The number of hydrogen-bond acceptors (Lipinski definition) is 5. The van der Waals surface area contributed by atoms with Gasteiger partial charge in [-0.15, -0.1) is 0 Å². The summed E-state index contributed by atoms with van der Waals surface area (Å²) in [6.45, 7) is 0.399. The molecule has 0 aliphatic heterocycles. The molecule has 0 radical (unpaired) electrons. The Morgan fingerprint density at radius 3 is 2.46 bits per heavy atom. The van der Waals surface area contributed by atoms with Crippen molar-refractivity contribution in [3.63, 3.8) is 0 Å². The molecule has 2 heterocycles. The minimum Gasteiger partial charge on any atom is -0.507 e. The molecular formula is C19H14N2O5. The molecule has 2 N–H and O–H groups in total. The summed E-state index contributed by atoms with van der Waals surface area (Å²) in [5.74, 6) is -3.71. The predicted octanol–water partition coefficient (Wildman–Crippen LogP) is 2.00. The van der Waals surface area contributed by atoms with Crippen molar-refractivity contribution in [2.45, 2.75) is 6.54 Å². The molecule has 0 amide bonds. The second-order valence-electron chi connectivity index (χ2n) is 5.57. The minimum absolute atomic E-state index is 0.146. The molecule has 0 unspecified atom stereocenters. The van der Waals surface area contributed by atoms with E-state index >= 15 is 0 Å². The van der Waals surface area contributed by atoms with Gasteiger partial charge in [0.1, 0.15) is 5.76 Å². The van der Waals surface area contributed by atoms with Crippen LogP contribution in [-0.2, 0) is 16.1 Å². The van der Waals surface area contributed by atoms with E-state index in [-0.39, 0.29) is 5.56 Å². The number of aromatic nitrogens is 2. The second-order valence-corrected chi connectivity index (χ2v) is 5.57. The van der Waals surface area contributed by atoms with Gasteiger partial charge < -0.3 is 14.8 Å². The average Bonchev–Trinajstić information content (AvgIpc) is 2.64. The number of fused-ring (bicyclic) bond motifs is 1. The monoisotopic (exact) mass is 350 g/mol. The van der Waals surface area contributed by atoms with Crippen molar-refractivity contribution in [2.24, 2.45) is 0 Å². The number of aliphatic hydroxyl groups is 1. The summed E-state index contributed by atoms with van der Waals surface area (Å²) >= 11 is 0. The third-order valence-electron chi connectivity index (χ3n) is 3.84. The lowest BCUT2D eigenvalue weighted by molar-refractivity contribution is -0.146. The molecule has 0 saturated heterocycles. The van der Waals surface area contributed by atoms with Crippen LogP contribution in [0.3, 0.4) is 0 Å². The summed E-state index contributed by atoms with van der Waals surface area (Å²) in [6, 6.07) is 10.5. The number of carboxylic acid groups (broad SMARTS) is 1. The second kappa shape index (κ2) is 7.02. The SMILES string of the molecule is O=C(O)C(=O)C=C(O)c1cn(Cc2ccncc2)c2ccccc2c1=O. The third kappa shape index (κ3) is 3.36. The fourth-order valence-corrected chi connectivity index (χ4v) is 2.61. The molecule has 0 bridgehead atoms. The number of nitrogens with zero attached hydrogens (tertiary/aromatic N) is 2. The Kier molecular flexibility index (Phi) is 4.62. The van der Waals surface area contributed by atoms with Crippen LogP contribution in [0.5, 0.6) is 0 Å². The number of carbonyl (C=O) groups is 2. The quantitative estimate of drug-likeness (QED) is 0.414. The van der Waals surface area contributed by atoms with E-state index in [2.05, 4.69) is 4.98 Å². The van der Waals surface area contributed by atoms with Crippen molar-refractivity contribution in [1.29, 1.82) is 0 Å². The van der Waals surface area contributed by atoms with Crippen molar-refractivity contribution in [3.05, 3.63) is 82.4 Å². The zero-order chi connectivity index (χ0) is 18.7. The van der Waals surface area contributed by atoms with E-state index in [0.717, 1.165) is 5.56 Å². The number of aliphatic carboxylic acids is 1. The normalized spacial score (nSPS) is 11.5. The van der Waals surface area contributed by atoms with Crippen molar-refractivity contribution in [3.8, 4) is 0 Å². The Bertz CT molecular complexity index is 1080. The van der Waals surface area contributed by atoms with Crippen LogP contribution in [0.2, 0.25) is 0 Å². The molecule has 3 aromatic rings. The molecule has 7 heteroatoms. The first-order valence-electron chi connectivity index (χ1n) is 7.66. The fourth-order valence-electron chi connectivity index (χ4n) is 2.61. The maximum Gasteiger partial charge on any atom is 0.376 e. The van der Waals surface area contributed by atoms with Gasteiger partial charge in [-0.3, -0.25) is 14.6 Å². The molecule has 3 rings (SSSR count). The Morgan fingerprint density at radius 1 is 1.08 bits per heavy atom. The average molecular weight is 350 g/mol. The van der Waals surface area contributed by atoms with Gasteiger partial charge in [0.05, 0.1) is 11.1 Å². The first-order valence-corrected chi connectivity index (χ1v) is 7.66. The van der Waals surface area contributed by atoms with Crippen LogP contribution in [-0.4, -0.2) is 31.5 Å². The zero-order valence-corrected chi connectivity index (χ0v) is 13.5. The summed E-state index contributed by atoms with van der Waals surface area (Å²) in [5.41, 5.74) is 0.936. The molecule has 0 aliphatic rings. The van der Waals surface area contributed by atoms with Crippen LogP contribution in [0.15, 0.2) is 65.9 Å². The van der Waals surface area contributed by atoms with E-state index in [4.69, 9.17) is 5.11 Å². The van der Waals surface area contributed by atoms with Crippen LogP contribution in [0, 0.1) is 0 Å². The molecule has 0 spiro atoms. The summed E-state index contributed by atoms with van der Waals surface area (Å²) in [5, 5.41) is 19.1. The number of pyridine rings is 2. The van der Waals surface area contributed by atoms with Gasteiger partial charge >= 0.3 is 5.97 Å². The van der Waals surface area contributed by atoms with Crippen LogP contribution in [0.1, 0.15) is 11.1 Å². The molecular weight excluding hydrogens is 336 g/mol. The number of para-hydroxylation sites is 1. The van der Waals surface area contributed by atoms with Gasteiger partial charge in [0.25, 0.3) is 5.78 Å². The van der Waals surface area contributed by atoms with Crippen LogP contribution in [0.25, 0.3) is 16.7 Å². The number of aliphatic hydroxyl groups excluding tert-OH is 1. The summed E-state index contributed by atoms with van der Waals surface area (Å²) in [7, 11) is 0. The Hall–Kier alpha value is -3.74. The topological polar surface area (TPSA) is 109 Å². The molecule has 2 aromatic heterocycles. The number of ketones is 1. The molecule has 26 heavy (non-hydrogen) atoms. The standard InChI is InChI=1S/C19H14N2O5/c22-16(9-17(23)19(25)26)14-11-21(10-12-5-7-20-8-6-12)15-4-2-1-3-13(15)18(14)24/h1-9,11,22H,10H2,(H,25,26). The lowest BCUT2D eigenvalue weighted by atomic mass is 10.1. The first-order chi connectivity index (χ1) is 12.5. The van der Waals surface area contributed by atoms with E-state index in [0.29, 0.717) is 23.5 Å². The van der Waals surface area contributed by atoms with Crippen LogP contribution in [0.4, 0.5) is 0 Å². The van der Waals surface area contributed by atoms with Gasteiger partial charge in [0, 0.05) is 36.6 Å². The van der Waals surface area contributed by atoms with Crippen molar-refractivity contribution in [1.82, 2.24) is 9.55 Å². The Labute approximate surface area is 147 Å². The molecule has 7 nitrogen and oxygen atoms in total. The fraction of sp³-hybridized carbons (Fsp3) is 0.0526. The highest BCUT2D eigenvalue weighted by Crippen LogP contribution is 2.17. The Balaban J connectivity index is 2.19. The molecule has 0 fully saturated rings. The van der Waals surface area contributed by atoms with Crippen molar-refractivity contribution >= 4 is 28.4 Å². The highest BCUT2D eigenvalue weighted by atomic mass is 16.4. The molecule has 0 aliphatic carbocycles. The Morgan fingerprint density at radius 2 is 1.77 bits per heavy atom. The third-order valence-corrected chi connectivity index (χ3v) is 3.84. The number of rotatable bonds is 5. The van der Waals surface area contributed by atoms with Gasteiger partial charge in [-0.2, -0.15) is 0 Å². The minimum atomic E-state index is -1.71. The summed E-state index contributed by atoms with van der Waals surface area (Å²) in [6.07, 6.45) is 5.23. The van der Waals surface area contributed by atoms with E-state index < -0.39 is 22.9 Å². The van der Waals surface area contributed by atoms with E-state index in [1.165, 1.54) is 6.20 Å². The number of carboxylic acids is 1. The lowest BCUT2D eigenvalue weighted by Crippen LogP contribution is -2.16. The van der Waals surface area contributed by atoms with Crippen molar-refractivity contribution in [2.75, 3.05) is 0 Å². The maximum atomic E-state index is 12.6. The lowest BCUT2D eigenvalue weighted by Gasteiger charge is -2.13. The highest BCUT2D eigenvalue weighted by Gasteiger charge is 2.15.